The van der Waals surface area contributed by atoms with Crippen LogP contribution in [0.2, 0.25) is 0 Å². The van der Waals surface area contributed by atoms with Gasteiger partial charge < -0.3 is 30.3 Å². The van der Waals surface area contributed by atoms with Crippen LogP contribution in [0.3, 0.4) is 0 Å². The molecule has 2 aliphatic carbocycles. The Balaban J connectivity index is 1.77. The van der Waals surface area contributed by atoms with E-state index < -0.39 is 59.5 Å². The van der Waals surface area contributed by atoms with Crippen LogP contribution in [0, 0.1) is 0 Å². The summed E-state index contributed by atoms with van der Waals surface area (Å²) in [5.41, 5.74) is -2.36. The van der Waals surface area contributed by atoms with Crippen molar-refractivity contribution in [3.63, 3.8) is 0 Å². The first-order valence-electron chi connectivity index (χ1n) is 13.1. The second-order valence-corrected chi connectivity index (χ2v) is 10.5. The first-order chi connectivity index (χ1) is 18.5. The zero-order valence-corrected chi connectivity index (χ0v) is 22.4. The number of ether oxygens (including phenoxy) is 1. The monoisotopic (exact) mass is 538 g/mol. The van der Waals surface area contributed by atoms with Crippen LogP contribution in [-0.2, 0) is 20.7 Å². The SMILES string of the molecule is CCCCC(=O)OCC(=O)C1(O)Cc2c(O)c3c(c(O)c2C(NCCN(C)C)C1)C(=O)c1ccccc1C3=O. The molecule has 4 N–H and O–H groups in total. The van der Waals surface area contributed by atoms with Gasteiger partial charge in [-0.1, -0.05) is 37.6 Å². The van der Waals surface area contributed by atoms with E-state index in [1.165, 1.54) is 12.1 Å². The third-order valence-electron chi connectivity index (χ3n) is 7.39. The van der Waals surface area contributed by atoms with Crippen LogP contribution in [0.1, 0.15) is 81.6 Å². The standard InChI is InChI=1S/C29H34N2O8/c1-4-5-10-21(33)39-15-20(32)29(38)13-18-22(19(14-29)30-11-12-31(2)3)28(37)24-23(27(18)36)25(34)16-8-6-7-9-17(16)26(24)35/h6-9,19,30,36-38H,4-5,10-15H2,1-3H3. The van der Waals surface area contributed by atoms with Crippen molar-refractivity contribution in [2.75, 3.05) is 33.8 Å². The molecule has 10 heteroatoms. The number of nitrogens with one attached hydrogen (secondary N) is 1. The largest absolute Gasteiger partial charge is 0.507 e. The number of carbonyl (C=O) groups excluding carboxylic acids is 4. The molecule has 2 aliphatic rings. The molecule has 0 aromatic heterocycles. The predicted molar refractivity (Wildman–Crippen MR) is 141 cm³/mol. The molecule has 39 heavy (non-hydrogen) atoms. The Kier molecular flexibility index (Phi) is 8.20. The molecule has 208 valence electrons. The Bertz CT molecular complexity index is 1340. The van der Waals surface area contributed by atoms with Crippen LogP contribution in [0.15, 0.2) is 24.3 Å². The van der Waals surface area contributed by atoms with Gasteiger partial charge in [0.15, 0.2) is 18.2 Å². The summed E-state index contributed by atoms with van der Waals surface area (Å²) in [4.78, 5) is 53.8. The highest BCUT2D eigenvalue weighted by atomic mass is 16.5. The Morgan fingerprint density at radius 1 is 1.08 bits per heavy atom. The molecule has 2 unspecified atom stereocenters. The van der Waals surface area contributed by atoms with Gasteiger partial charge in [-0.05, 0) is 20.5 Å². The van der Waals surface area contributed by atoms with Crippen molar-refractivity contribution in [1.29, 1.82) is 0 Å². The fourth-order valence-electron chi connectivity index (χ4n) is 5.26. The molecular formula is C29H34N2O8. The van der Waals surface area contributed by atoms with E-state index in [0.29, 0.717) is 19.5 Å². The zero-order valence-electron chi connectivity index (χ0n) is 22.4. The average molecular weight is 539 g/mol. The average Bonchev–Trinajstić information content (AvgIpc) is 2.90. The van der Waals surface area contributed by atoms with Gasteiger partial charge in [-0.25, -0.2) is 0 Å². The van der Waals surface area contributed by atoms with Crippen molar-refractivity contribution in [2.24, 2.45) is 0 Å². The van der Waals surface area contributed by atoms with Gasteiger partial charge in [0, 0.05) is 60.6 Å². The summed E-state index contributed by atoms with van der Waals surface area (Å²) in [5.74, 6) is -3.58. The second-order valence-electron chi connectivity index (χ2n) is 10.5. The number of hydrogen-bond acceptors (Lipinski definition) is 10. The fraction of sp³-hybridized carbons (Fsp3) is 0.448. The number of phenolic OH excluding ortho intramolecular Hbond substituents is 2. The van der Waals surface area contributed by atoms with Crippen molar-refractivity contribution in [3.8, 4) is 11.5 Å². The van der Waals surface area contributed by atoms with E-state index >= 15 is 0 Å². The van der Waals surface area contributed by atoms with Gasteiger partial charge in [0.05, 0.1) is 11.1 Å². The normalized spacial score (nSPS) is 19.9. The number of unbranched alkanes of at least 4 members (excludes halogenated alkanes) is 1. The maximum atomic E-state index is 13.4. The van der Waals surface area contributed by atoms with E-state index in [1.54, 1.807) is 12.1 Å². The third kappa shape index (κ3) is 5.32. The number of esters is 1. The first-order valence-corrected chi connectivity index (χ1v) is 13.1. The summed E-state index contributed by atoms with van der Waals surface area (Å²) in [6, 6.07) is 5.30. The smallest absolute Gasteiger partial charge is 0.306 e. The summed E-state index contributed by atoms with van der Waals surface area (Å²) in [7, 11) is 3.73. The highest BCUT2D eigenvalue weighted by Gasteiger charge is 2.48. The molecule has 2 atom stereocenters. The maximum absolute atomic E-state index is 13.4. The van der Waals surface area contributed by atoms with Crippen molar-refractivity contribution >= 4 is 23.3 Å². The summed E-state index contributed by atoms with van der Waals surface area (Å²) in [6.45, 7) is 2.24. The number of carbonyl (C=O) groups is 4. The number of rotatable bonds is 10. The number of likely N-dealkylation sites (N-methyl/N-ethyl adjacent to an activating group) is 1. The third-order valence-corrected chi connectivity index (χ3v) is 7.39. The summed E-state index contributed by atoms with van der Waals surface area (Å²) in [6.07, 6.45) is 0.899. The van der Waals surface area contributed by atoms with Crippen molar-refractivity contribution in [1.82, 2.24) is 10.2 Å². The van der Waals surface area contributed by atoms with Gasteiger partial charge >= 0.3 is 5.97 Å². The molecule has 0 amide bonds. The Labute approximate surface area is 226 Å². The van der Waals surface area contributed by atoms with Crippen LogP contribution in [0.5, 0.6) is 11.5 Å². The molecule has 2 aromatic rings. The van der Waals surface area contributed by atoms with E-state index in [4.69, 9.17) is 4.74 Å². The molecule has 0 heterocycles. The van der Waals surface area contributed by atoms with Gasteiger partial charge in [-0.15, -0.1) is 0 Å². The predicted octanol–water partition coefficient (Wildman–Crippen LogP) is 2.05. The second kappa shape index (κ2) is 11.3. The molecule has 0 fully saturated rings. The summed E-state index contributed by atoms with van der Waals surface area (Å²) in [5, 5.41) is 37.5. The molecule has 10 nitrogen and oxygen atoms in total. The molecule has 4 rings (SSSR count). The summed E-state index contributed by atoms with van der Waals surface area (Å²) < 4.78 is 5.09. The number of Topliss-reactive ketones (excluding diaryl/α,β-unsaturated/α-hetero) is 1. The lowest BCUT2D eigenvalue weighted by atomic mass is 9.71. The maximum Gasteiger partial charge on any atom is 0.306 e. The number of ketones is 3. The Morgan fingerprint density at radius 2 is 1.69 bits per heavy atom. The minimum Gasteiger partial charge on any atom is -0.507 e. The van der Waals surface area contributed by atoms with Gasteiger partial charge in [-0.2, -0.15) is 0 Å². The summed E-state index contributed by atoms with van der Waals surface area (Å²) >= 11 is 0. The fourth-order valence-corrected chi connectivity index (χ4v) is 5.26. The number of aliphatic hydroxyl groups is 1. The Morgan fingerprint density at radius 3 is 2.28 bits per heavy atom. The van der Waals surface area contributed by atoms with E-state index in [1.807, 2.05) is 25.9 Å². The van der Waals surface area contributed by atoms with E-state index in [-0.39, 0.29) is 46.2 Å². The van der Waals surface area contributed by atoms with Crippen LogP contribution in [0.4, 0.5) is 0 Å². The minimum atomic E-state index is -2.06. The van der Waals surface area contributed by atoms with Crippen molar-refractivity contribution < 1.29 is 39.2 Å². The lowest BCUT2D eigenvalue weighted by Crippen LogP contribution is -2.50. The number of phenols is 2. The first kappa shape index (κ1) is 28.4. The molecular weight excluding hydrogens is 504 g/mol. The van der Waals surface area contributed by atoms with Crippen LogP contribution in [-0.4, -0.2) is 82.9 Å². The highest BCUT2D eigenvalue weighted by Crippen LogP contribution is 2.50. The van der Waals surface area contributed by atoms with Gasteiger partial charge in [0.2, 0.25) is 5.78 Å². The van der Waals surface area contributed by atoms with Gasteiger partial charge in [0.1, 0.15) is 17.1 Å². The molecule has 2 aromatic carbocycles. The molecule has 0 bridgehead atoms. The molecule has 0 saturated carbocycles. The van der Waals surface area contributed by atoms with Crippen LogP contribution >= 0.6 is 0 Å². The molecule has 0 radical (unpaired) electrons. The molecule has 0 aliphatic heterocycles. The zero-order chi connectivity index (χ0) is 28.5. The number of nitrogens with zero attached hydrogens (tertiary/aromatic N) is 1. The van der Waals surface area contributed by atoms with E-state index in [2.05, 4.69) is 5.32 Å². The quantitative estimate of drug-likeness (QED) is 0.223. The minimum absolute atomic E-state index is 0.00598. The van der Waals surface area contributed by atoms with Crippen LogP contribution < -0.4 is 5.32 Å². The molecule has 0 spiro atoms. The number of benzene rings is 2. The Hall–Kier alpha value is -3.60. The van der Waals surface area contributed by atoms with Crippen molar-refractivity contribution in [3.05, 3.63) is 57.6 Å². The lowest BCUT2D eigenvalue weighted by Gasteiger charge is -2.39. The highest BCUT2D eigenvalue weighted by molar-refractivity contribution is 6.30. The van der Waals surface area contributed by atoms with Gasteiger partial charge in [0.25, 0.3) is 0 Å². The van der Waals surface area contributed by atoms with Crippen LogP contribution in [0.25, 0.3) is 0 Å². The van der Waals surface area contributed by atoms with Crippen molar-refractivity contribution in [2.45, 2.75) is 50.7 Å². The number of aromatic hydroxyl groups is 2. The lowest BCUT2D eigenvalue weighted by molar-refractivity contribution is -0.155. The van der Waals surface area contributed by atoms with E-state index in [9.17, 15) is 34.5 Å². The van der Waals surface area contributed by atoms with E-state index in [0.717, 1.165) is 6.42 Å². The topological polar surface area (TPSA) is 153 Å². The number of hydrogen-bond donors (Lipinski definition) is 4. The molecule has 0 saturated heterocycles. The van der Waals surface area contributed by atoms with Gasteiger partial charge in [-0.3, -0.25) is 19.2 Å². The number of fused-ring (bicyclic) bond motifs is 3.